The van der Waals surface area contributed by atoms with Gasteiger partial charge in [0.2, 0.25) is 0 Å². The van der Waals surface area contributed by atoms with E-state index in [-0.39, 0.29) is 67.1 Å². The van der Waals surface area contributed by atoms with Crippen molar-refractivity contribution in [2.75, 3.05) is 0 Å². The molecule has 0 aliphatic heterocycles. The van der Waals surface area contributed by atoms with Gasteiger partial charge >= 0.3 is 330 Å². The van der Waals surface area contributed by atoms with Crippen LogP contribution < -0.4 is 8.79 Å². The van der Waals surface area contributed by atoms with Gasteiger partial charge in [0.15, 0.2) is 0 Å². The Morgan fingerprint density at radius 3 is 1.81 bits per heavy atom. The second-order valence-corrected chi connectivity index (χ2v) is 37.7. The minimum Gasteiger partial charge on any atom is -0.313 e. The van der Waals surface area contributed by atoms with Crippen molar-refractivity contribution in [1.82, 2.24) is 41.3 Å². The molecule has 26 rings (SSSR count). The minimum absolute atomic E-state index is 0. The topological polar surface area (TPSA) is 81.4 Å². The van der Waals surface area contributed by atoms with Crippen molar-refractivity contribution in [1.29, 1.82) is 0 Å². The molecule has 13 aromatic carbocycles. The number of pyridine rings is 3. The molecule has 10 nitrogen and oxygen atoms in total. The van der Waals surface area contributed by atoms with E-state index in [2.05, 4.69) is 354 Å². The van der Waals surface area contributed by atoms with Crippen LogP contribution >= 0.6 is 34.0 Å². The van der Waals surface area contributed by atoms with Crippen LogP contribution in [0.5, 0.6) is 0 Å². The van der Waals surface area contributed by atoms with E-state index in [0.717, 1.165) is 150 Å². The third kappa shape index (κ3) is 13.4. The largest absolute Gasteiger partial charge is 0.313 e. The summed E-state index contributed by atoms with van der Waals surface area (Å²) in [5.74, 6) is 1.69. The fourth-order valence-electron chi connectivity index (χ4n) is 17.4. The number of furan rings is 1. The van der Waals surface area contributed by atoms with Crippen molar-refractivity contribution in [2.24, 2.45) is 0 Å². The zero-order chi connectivity index (χ0) is 79.6. The van der Waals surface area contributed by atoms with Crippen LogP contribution in [0.3, 0.4) is 0 Å². The Hall–Kier alpha value is -12.5. The molecule has 0 atom stereocenters. The third-order valence-electron chi connectivity index (χ3n) is 22.9. The molecule has 2 radical (unpaired) electrons. The van der Waals surface area contributed by atoms with Crippen LogP contribution in [0.25, 0.3) is 201 Å². The van der Waals surface area contributed by atoms with Gasteiger partial charge in [-0.25, -0.2) is 27.7 Å². The van der Waals surface area contributed by atoms with E-state index in [0.29, 0.717) is 0 Å². The van der Waals surface area contributed by atoms with E-state index in [9.17, 15) is 0 Å². The van der Waals surface area contributed by atoms with Crippen LogP contribution in [0.1, 0.15) is 0 Å². The van der Waals surface area contributed by atoms with Crippen LogP contribution in [0.2, 0.25) is 0 Å². The van der Waals surface area contributed by atoms with Crippen molar-refractivity contribution in [2.45, 2.75) is 0 Å². The first-order valence-corrected chi connectivity index (χ1v) is 45.5. The van der Waals surface area contributed by atoms with Crippen LogP contribution in [0.4, 0.5) is 0 Å². The molecule has 0 saturated carbocycles. The third-order valence-corrected chi connectivity index (χ3v) is 31.6. The molecule has 17 heteroatoms. The van der Waals surface area contributed by atoms with Crippen LogP contribution in [-0.2, 0) is 67.1 Å². The van der Waals surface area contributed by atoms with Gasteiger partial charge in [-0.2, -0.15) is 77.3 Å². The summed E-state index contributed by atoms with van der Waals surface area (Å²) in [6.07, 6.45) is 7.29. The van der Waals surface area contributed by atoms with E-state index in [1.807, 2.05) is 95.8 Å². The second-order valence-electron chi connectivity index (χ2n) is 29.8. The van der Waals surface area contributed by atoms with Gasteiger partial charge in [0.05, 0.1) is 5.52 Å². The van der Waals surface area contributed by atoms with Crippen molar-refractivity contribution < 1.29 is 71.6 Å². The molecule has 0 bridgehead atoms. The number of para-hydroxylation sites is 6. The van der Waals surface area contributed by atoms with Gasteiger partial charge in [-0.1, -0.05) is 112 Å². The van der Waals surface area contributed by atoms with Crippen molar-refractivity contribution >= 4 is 197 Å². The summed E-state index contributed by atoms with van der Waals surface area (Å²) in [7, 11) is 0. The first-order chi connectivity index (χ1) is 60.0. The number of benzene rings is 13. The molecule has 0 aliphatic carbocycles. The molecular formula is C107H60Au3GeN9OS3-2. The molecule has 0 fully saturated rings. The molecule has 13 heterocycles. The standard InChI is InChI=1S/C45H26GeN3OS.C33H19N4.C29H15N2S2.3Au/c1-4-14-29(15-5-1)30-24-25-40-36(26-30)39(28-50-40)48-37-22-12-10-20-33(37)35-27-41-42(47-45(35)48)43-44(51-41)34-21-11-13-23-38(34)49(43)46(31-16-6-2-7-17-31)32-18-8-3-9-19-32;1-4-11-28-23(8-1)18-20-35(28)25-16-17-27-26-10-3-6-13-30(26)37(31(27)22-25)33-15-7-14-32(34-33)36-21-19-24-9-2-5-12-29(24)36;1-2-7-19(8-3-1)26-14-13-23-22-11-4-5-12-27(22)31(28(23)30-26)21-10-6-9-20(17-21)25-18-33-29-24(25)15-16-32-29;;;/h1-14,16-25,27-28H;1-11,13-19,21H;1-7,9-14,16,18H;;;/q-2;2*-3;;2*+3. The van der Waals surface area contributed by atoms with E-state index >= 15 is 0 Å². The van der Waals surface area contributed by atoms with Crippen molar-refractivity contribution in [3.8, 4) is 62.2 Å². The average Bonchev–Trinajstić information content (AvgIpc) is 1.54. The fraction of sp³-hybridized carbons (Fsp3) is 0. The van der Waals surface area contributed by atoms with Gasteiger partial charge in [-0.15, -0.1) is 100 Å². The summed E-state index contributed by atoms with van der Waals surface area (Å²) >= 11 is 2.97. The number of rotatable bonds is 11. The Morgan fingerprint density at radius 2 is 1.04 bits per heavy atom. The molecule has 0 saturated heterocycles. The summed E-state index contributed by atoms with van der Waals surface area (Å²) in [5.41, 5.74) is 21.6. The summed E-state index contributed by atoms with van der Waals surface area (Å²) in [6.45, 7) is 0. The molecule has 0 spiro atoms. The van der Waals surface area contributed by atoms with Crippen molar-refractivity contribution in [3.63, 3.8) is 0 Å². The van der Waals surface area contributed by atoms with Gasteiger partial charge in [0.25, 0.3) is 0 Å². The quantitative estimate of drug-likeness (QED) is 0.0954. The number of hydrogen-bond donors (Lipinski definition) is 0. The summed E-state index contributed by atoms with van der Waals surface area (Å²) in [5, 5.41) is 16.8. The molecule has 0 amide bonds. The average molecular weight is 2250 g/mol. The molecule has 596 valence electrons. The van der Waals surface area contributed by atoms with E-state index in [1.54, 1.807) is 22.7 Å². The van der Waals surface area contributed by atoms with Crippen LogP contribution in [0, 0.1) is 48.7 Å². The Balaban J connectivity index is 0.000000116. The van der Waals surface area contributed by atoms with Gasteiger partial charge < -0.3 is 18.3 Å². The summed E-state index contributed by atoms with van der Waals surface area (Å²) < 4.78 is 26.3. The summed E-state index contributed by atoms with van der Waals surface area (Å²) in [4.78, 5) is 15.9. The van der Waals surface area contributed by atoms with Gasteiger partial charge in [0.1, 0.15) is 17.3 Å². The second kappa shape index (κ2) is 33.0. The Labute approximate surface area is 775 Å². The van der Waals surface area contributed by atoms with E-state index in [4.69, 9.17) is 19.4 Å². The monoisotopic (exact) mass is 2250 g/mol. The van der Waals surface area contributed by atoms with E-state index in [1.165, 1.54) is 60.3 Å². The maximum Gasteiger partial charge on any atom is 0.135 e. The smallest absolute Gasteiger partial charge is 0.135 e. The SMILES string of the molecule is [Au+3].[Au+3].[Au].[c-]1cccc2ccn(-c3cccc(-n4c5[c-]c(-n6[c-]cc7ccccc76)ccc5c5ccccc54)n3)c12.[c-]1ccccc1-c1[c-]c2c(-n3c4ccccc4c4cc5sc6c7ccccc7[n]([Ge]([c]7ccccc7)[c]7ccccc7)c6c5nc43)coc2cc1.[c-]1ccccc1-c1ccc2c3ccccc3n(-c3[c-]c(-c4csc5sc[c-]c45)ccc3)c2n1. The predicted octanol–water partition coefficient (Wildman–Crippen LogP) is 25.8. The van der Waals surface area contributed by atoms with Gasteiger partial charge in [0, 0.05) is 38.7 Å². The fourth-order valence-corrected chi connectivity index (χ4v) is 26.4. The van der Waals surface area contributed by atoms with Crippen molar-refractivity contribution in [3.05, 3.63) is 412 Å². The number of fused-ring (bicyclic) bond motifs is 18. The molecule has 13 aromatic heterocycles. The Morgan fingerprint density at radius 1 is 0.403 bits per heavy atom. The maximum absolute atomic E-state index is 6.21. The maximum atomic E-state index is 6.21. The molecule has 124 heavy (non-hydrogen) atoms. The van der Waals surface area contributed by atoms with Gasteiger partial charge in [-0.05, 0) is 51.2 Å². The molecule has 26 aromatic rings. The van der Waals surface area contributed by atoms with Crippen LogP contribution in [0.15, 0.2) is 367 Å². The normalized spacial score (nSPS) is 11.6. The van der Waals surface area contributed by atoms with E-state index < -0.39 is 14.6 Å². The van der Waals surface area contributed by atoms with Gasteiger partial charge in [-0.3, -0.25) is 4.98 Å². The number of nitrogens with zero attached hydrogens (tertiary/aromatic N) is 9. The molecule has 0 aliphatic rings. The van der Waals surface area contributed by atoms with Crippen LogP contribution in [-0.4, -0.2) is 55.9 Å². The minimum atomic E-state index is -2.39. The Bertz CT molecular complexity index is 8490. The molecule has 0 N–H and O–H groups in total. The number of thiophene rings is 3. The first kappa shape index (κ1) is 78.7. The first-order valence-electron chi connectivity index (χ1n) is 39.8. The summed E-state index contributed by atoms with van der Waals surface area (Å²) in [6, 6.07) is 143. The molecule has 0 unspecified atom stereocenters. The number of aromatic nitrogens is 9. The predicted molar refractivity (Wildman–Crippen MR) is 501 cm³/mol. The zero-order valence-electron chi connectivity index (χ0n) is 65.2. The number of hydrogen-bond acceptors (Lipinski definition) is 7. The Kier molecular flexibility index (Phi) is 20.9. The zero-order valence-corrected chi connectivity index (χ0v) is 76.3. The molecular weight excluding hydrogens is 2190 g/mol.